The van der Waals surface area contributed by atoms with E-state index in [0.717, 1.165) is 35.5 Å². The van der Waals surface area contributed by atoms with Crippen LogP contribution in [0, 0.1) is 13.8 Å². The number of anilines is 1. The molecule has 5 heteroatoms. The summed E-state index contributed by atoms with van der Waals surface area (Å²) in [5, 5.41) is 10.5. The molecule has 0 unspecified atom stereocenters. The van der Waals surface area contributed by atoms with Crippen molar-refractivity contribution in [1.82, 2.24) is 15.2 Å². The molecule has 142 valence electrons. The van der Waals surface area contributed by atoms with Crippen LogP contribution in [0.15, 0.2) is 42.5 Å². The monoisotopic (exact) mass is 372 g/mol. The van der Waals surface area contributed by atoms with Gasteiger partial charge in [0.1, 0.15) is 5.82 Å². The number of nitrogens with one attached hydrogen (secondary N) is 2. The van der Waals surface area contributed by atoms with Crippen molar-refractivity contribution in [2.45, 2.75) is 50.9 Å². The summed E-state index contributed by atoms with van der Waals surface area (Å²) < 4.78 is 0. The fourth-order valence-electron chi connectivity index (χ4n) is 3.92. The third-order valence-electron chi connectivity index (χ3n) is 5.83. The van der Waals surface area contributed by atoms with Crippen LogP contribution in [0.3, 0.4) is 0 Å². The lowest BCUT2D eigenvalue weighted by Gasteiger charge is -2.17. The molecule has 5 nitrogen and oxygen atoms in total. The van der Waals surface area contributed by atoms with Gasteiger partial charge in [-0.1, -0.05) is 29.3 Å². The Bertz CT molecular complexity index is 1020. The normalized spacial score (nSPS) is 17.4. The topological polar surface area (TPSA) is 70.7 Å². The van der Waals surface area contributed by atoms with E-state index in [0.29, 0.717) is 11.7 Å². The van der Waals surface area contributed by atoms with E-state index in [4.69, 9.17) is 0 Å². The van der Waals surface area contributed by atoms with Crippen molar-refractivity contribution in [2.75, 3.05) is 5.32 Å². The Hall–Kier alpha value is -2.95. The Morgan fingerprint density at radius 3 is 2.36 bits per heavy atom. The van der Waals surface area contributed by atoms with Crippen LogP contribution in [0.25, 0.3) is 11.4 Å². The maximum Gasteiger partial charge on any atom is 0.235 e. The van der Waals surface area contributed by atoms with Crippen LogP contribution >= 0.6 is 0 Å². The van der Waals surface area contributed by atoms with E-state index >= 15 is 0 Å². The molecule has 1 aromatic heterocycles. The first-order valence-electron chi connectivity index (χ1n) is 9.96. The van der Waals surface area contributed by atoms with Crippen molar-refractivity contribution in [3.05, 3.63) is 65.0 Å². The highest BCUT2D eigenvalue weighted by atomic mass is 16.2. The van der Waals surface area contributed by atoms with E-state index in [1.807, 2.05) is 24.3 Å². The van der Waals surface area contributed by atoms with Crippen molar-refractivity contribution in [2.24, 2.45) is 0 Å². The Morgan fingerprint density at radius 1 is 1.07 bits per heavy atom. The molecule has 1 amide bonds. The lowest BCUT2D eigenvalue weighted by Crippen LogP contribution is -2.28. The summed E-state index contributed by atoms with van der Waals surface area (Å²) in [6.07, 6.45) is 4.20. The number of amides is 1. The molecular weight excluding hydrogens is 348 g/mol. The Kier molecular flexibility index (Phi) is 3.86. The molecule has 28 heavy (non-hydrogen) atoms. The minimum atomic E-state index is -0.377. The van der Waals surface area contributed by atoms with Crippen molar-refractivity contribution in [3.8, 4) is 11.4 Å². The van der Waals surface area contributed by atoms with Gasteiger partial charge in [-0.2, -0.15) is 5.10 Å². The van der Waals surface area contributed by atoms with Crippen LogP contribution in [0.2, 0.25) is 0 Å². The third kappa shape index (κ3) is 3.11. The molecule has 0 atom stereocenters. The first-order chi connectivity index (χ1) is 13.5. The van der Waals surface area contributed by atoms with Gasteiger partial charge in [-0.15, -0.1) is 0 Å². The summed E-state index contributed by atoms with van der Waals surface area (Å²) in [6.45, 7) is 4.17. The zero-order valence-electron chi connectivity index (χ0n) is 16.2. The lowest BCUT2D eigenvalue weighted by atomic mass is 9.92. The first kappa shape index (κ1) is 17.2. The van der Waals surface area contributed by atoms with Crippen LogP contribution in [0.5, 0.6) is 0 Å². The van der Waals surface area contributed by atoms with Crippen molar-refractivity contribution in [3.63, 3.8) is 0 Å². The molecule has 2 aliphatic rings. The van der Waals surface area contributed by atoms with Gasteiger partial charge in [0.15, 0.2) is 5.82 Å². The predicted molar refractivity (Wildman–Crippen MR) is 109 cm³/mol. The number of hydrogen-bond acceptors (Lipinski definition) is 3. The molecule has 2 aromatic carbocycles. The van der Waals surface area contributed by atoms with Gasteiger partial charge in [-0.05, 0) is 69.4 Å². The first-order valence-corrected chi connectivity index (χ1v) is 9.96. The van der Waals surface area contributed by atoms with Gasteiger partial charge in [0.2, 0.25) is 5.91 Å². The average Bonchev–Trinajstić information content (AvgIpc) is 3.60. The molecule has 1 heterocycles. The lowest BCUT2D eigenvalue weighted by molar-refractivity contribution is -0.118. The molecular formula is C23H24N4O. The summed E-state index contributed by atoms with van der Waals surface area (Å²) in [5.41, 5.74) is 4.93. The molecule has 0 saturated heterocycles. The fraction of sp³-hybridized carbons (Fsp3) is 0.348. The number of carbonyl (C=O) groups excluding carboxylic acids is 1. The number of aryl methyl sites for hydroxylation is 2. The highest BCUT2D eigenvalue weighted by molar-refractivity contribution is 6.01. The number of rotatable bonds is 5. The summed E-state index contributed by atoms with van der Waals surface area (Å²) in [7, 11) is 0. The van der Waals surface area contributed by atoms with Gasteiger partial charge in [0, 0.05) is 17.2 Å². The number of benzene rings is 2. The highest BCUT2D eigenvalue weighted by Crippen LogP contribution is 2.49. The number of aromatic amines is 1. The Labute approximate surface area is 164 Å². The zero-order chi connectivity index (χ0) is 19.3. The second-order valence-corrected chi connectivity index (χ2v) is 8.31. The van der Waals surface area contributed by atoms with Crippen LogP contribution in [-0.4, -0.2) is 21.1 Å². The van der Waals surface area contributed by atoms with Crippen LogP contribution in [0.4, 0.5) is 5.69 Å². The largest absolute Gasteiger partial charge is 0.325 e. The standard InChI is InChI=1S/C23H24N4O/c1-14-11-15(2)13-18(12-14)23(9-10-23)22(28)24-19-7-5-17(6-8-19)21-25-20(26-27-21)16-3-4-16/h5-8,11-13,16H,3-4,9-10H2,1-2H3,(H,24,28)(H,25,26,27). The number of nitrogens with zero attached hydrogens (tertiary/aromatic N) is 2. The molecule has 0 spiro atoms. The molecule has 0 radical (unpaired) electrons. The predicted octanol–water partition coefficient (Wildman–Crippen LogP) is 4.64. The van der Waals surface area contributed by atoms with Crippen molar-refractivity contribution >= 4 is 11.6 Å². The van der Waals surface area contributed by atoms with E-state index in [1.165, 1.54) is 24.0 Å². The second-order valence-electron chi connectivity index (χ2n) is 8.31. The number of hydrogen-bond donors (Lipinski definition) is 2. The number of carbonyl (C=O) groups is 1. The zero-order valence-corrected chi connectivity index (χ0v) is 16.2. The van der Waals surface area contributed by atoms with Gasteiger partial charge in [0.25, 0.3) is 0 Å². The SMILES string of the molecule is Cc1cc(C)cc(C2(C(=O)Nc3ccc(-c4n[nH]c(C5CC5)n4)cc3)CC2)c1. The summed E-state index contributed by atoms with van der Waals surface area (Å²) in [5.74, 6) is 2.34. The van der Waals surface area contributed by atoms with Gasteiger partial charge in [-0.25, -0.2) is 4.98 Å². The minimum Gasteiger partial charge on any atom is -0.325 e. The third-order valence-corrected chi connectivity index (χ3v) is 5.83. The molecule has 2 saturated carbocycles. The van der Waals surface area contributed by atoms with Crippen molar-refractivity contribution in [1.29, 1.82) is 0 Å². The van der Waals surface area contributed by atoms with Crippen LogP contribution in [0.1, 0.15) is 54.1 Å². The highest BCUT2D eigenvalue weighted by Gasteiger charge is 2.51. The fourth-order valence-corrected chi connectivity index (χ4v) is 3.92. The van der Waals surface area contributed by atoms with Crippen LogP contribution in [-0.2, 0) is 10.2 Å². The van der Waals surface area contributed by atoms with E-state index in [-0.39, 0.29) is 11.3 Å². The molecule has 2 fully saturated rings. The number of H-pyrrole nitrogens is 1. The van der Waals surface area contributed by atoms with Gasteiger partial charge in [-0.3, -0.25) is 9.89 Å². The van der Waals surface area contributed by atoms with Gasteiger partial charge in [0.05, 0.1) is 5.41 Å². The van der Waals surface area contributed by atoms with Crippen LogP contribution < -0.4 is 5.32 Å². The average molecular weight is 372 g/mol. The Balaban J connectivity index is 1.32. The molecule has 0 aliphatic heterocycles. The molecule has 2 aliphatic carbocycles. The molecule has 3 aromatic rings. The summed E-state index contributed by atoms with van der Waals surface area (Å²) >= 11 is 0. The maximum absolute atomic E-state index is 13.0. The number of aromatic nitrogens is 3. The quantitative estimate of drug-likeness (QED) is 0.686. The van der Waals surface area contributed by atoms with E-state index in [1.54, 1.807) is 0 Å². The smallest absolute Gasteiger partial charge is 0.235 e. The summed E-state index contributed by atoms with van der Waals surface area (Å²) in [6, 6.07) is 14.2. The van der Waals surface area contributed by atoms with Gasteiger partial charge < -0.3 is 5.32 Å². The molecule has 5 rings (SSSR count). The molecule has 0 bridgehead atoms. The summed E-state index contributed by atoms with van der Waals surface area (Å²) in [4.78, 5) is 17.6. The Morgan fingerprint density at radius 2 is 1.75 bits per heavy atom. The van der Waals surface area contributed by atoms with E-state index in [2.05, 4.69) is 52.5 Å². The maximum atomic E-state index is 13.0. The van der Waals surface area contributed by atoms with E-state index in [9.17, 15) is 4.79 Å². The molecule has 2 N–H and O–H groups in total. The second kappa shape index (κ2) is 6.30. The van der Waals surface area contributed by atoms with E-state index < -0.39 is 0 Å². The van der Waals surface area contributed by atoms with Crippen molar-refractivity contribution < 1.29 is 4.79 Å². The van der Waals surface area contributed by atoms with Gasteiger partial charge >= 0.3 is 0 Å². The minimum absolute atomic E-state index is 0.0826.